The fraction of sp³-hybridized carbons (Fsp3) is 0.467. The lowest BCUT2D eigenvalue weighted by Gasteiger charge is -2.28. The van der Waals surface area contributed by atoms with Gasteiger partial charge in [-0.15, -0.1) is 0 Å². The van der Waals surface area contributed by atoms with E-state index in [0.717, 1.165) is 86.4 Å². The van der Waals surface area contributed by atoms with Gasteiger partial charge in [-0.1, -0.05) is 151 Å². The van der Waals surface area contributed by atoms with E-state index in [1.807, 2.05) is 0 Å². The number of phenolic OH excluding ortho intramolecular Hbond substituents is 2. The number of carbonyl (C=O) groups is 2. The molecule has 2 aliphatic rings. The quantitative estimate of drug-likeness (QED) is 0.105. The maximum absolute atomic E-state index is 13.1. The summed E-state index contributed by atoms with van der Waals surface area (Å²) in [5.41, 5.74) is 12.1. The SMILES string of the molecule is CCCOc1c2cc(C(C)(C)C)cc1Cc1cc(C(C)(C)C)cc(c1OCCCCCN1C(=O)c3ccccc3C1=O)Cc1cc(C(C)(C)C)cc(c1O)Cc1cc(C(C)(C)C)cc(c1O)C2. The molecule has 0 spiro atoms. The molecule has 0 radical (unpaired) electrons. The van der Waals surface area contributed by atoms with Crippen LogP contribution < -0.4 is 9.47 Å². The van der Waals surface area contributed by atoms with E-state index in [1.54, 1.807) is 24.3 Å². The molecule has 0 saturated heterocycles. The first-order chi connectivity index (χ1) is 31.3. The Labute approximate surface area is 400 Å². The third-order valence-electron chi connectivity index (χ3n) is 13.6. The van der Waals surface area contributed by atoms with Crippen molar-refractivity contribution >= 4 is 11.8 Å². The van der Waals surface area contributed by atoms with Crippen molar-refractivity contribution in [3.63, 3.8) is 0 Å². The van der Waals surface area contributed by atoms with E-state index < -0.39 is 0 Å². The van der Waals surface area contributed by atoms with Gasteiger partial charge in [0.05, 0.1) is 24.3 Å². The standard InChI is InChI=1S/C60H75NO6/c1-14-23-66-53-41-26-39-31-45(57(2,3)4)29-37(51(39)62)25-38-30-46(58(5,6)7)32-40(52(38)63)27-42-34-48(60(11,12)13)36-44(28-43(53)35-47(33-41)59(8,9)10)54(42)67-24-19-15-18-22-61-55(64)49-20-16-17-21-50(49)56(61)65/h16-17,20-21,29-36,62-63H,14-15,18-19,22-28H2,1-13H3. The average molecular weight is 906 g/mol. The van der Waals surface area contributed by atoms with Crippen molar-refractivity contribution < 1.29 is 29.3 Å². The number of imide groups is 1. The summed E-state index contributed by atoms with van der Waals surface area (Å²) in [6.45, 7) is 30.2. The molecule has 0 fully saturated rings. The topological polar surface area (TPSA) is 96.3 Å². The van der Waals surface area contributed by atoms with Crippen LogP contribution >= 0.6 is 0 Å². The predicted molar refractivity (Wildman–Crippen MR) is 272 cm³/mol. The smallest absolute Gasteiger partial charge is 0.261 e. The van der Waals surface area contributed by atoms with E-state index in [9.17, 15) is 19.8 Å². The number of phenols is 2. The lowest BCUT2D eigenvalue weighted by atomic mass is 9.79. The highest BCUT2D eigenvalue weighted by molar-refractivity contribution is 6.21. The second-order valence-electron chi connectivity index (χ2n) is 23.3. The van der Waals surface area contributed by atoms with E-state index in [1.165, 1.54) is 16.0 Å². The fourth-order valence-corrected chi connectivity index (χ4v) is 9.39. The van der Waals surface area contributed by atoms with Gasteiger partial charge in [-0.25, -0.2) is 0 Å². The van der Waals surface area contributed by atoms with Gasteiger partial charge in [0, 0.05) is 32.2 Å². The summed E-state index contributed by atoms with van der Waals surface area (Å²) in [4.78, 5) is 27.6. The fourth-order valence-electron chi connectivity index (χ4n) is 9.39. The van der Waals surface area contributed by atoms with Gasteiger partial charge in [-0.2, -0.15) is 0 Å². The first kappa shape index (κ1) is 49.3. The van der Waals surface area contributed by atoms with Crippen molar-refractivity contribution in [2.45, 2.75) is 163 Å². The summed E-state index contributed by atoms with van der Waals surface area (Å²) in [5.74, 6) is 1.70. The molecule has 5 aromatic carbocycles. The Morgan fingerprint density at radius 2 is 0.776 bits per heavy atom. The van der Waals surface area contributed by atoms with Crippen molar-refractivity contribution in [1.29, 1.82) is 0 Å². The molecule has 0 unspecified atom stereocenters. The number of benzene rings is 5. The summed E-state index contributed by atoms with van der Waals surface area (Å²) in [7, 11) is 0. The van der Waals surface area contributed by atoms with Crippen LogP contribution in [-0.4, -0.2) is 46.7 Å². The zero-order valence-electron chi connectivity index (χ0n) is 42.7. The predicted octanol–water partition coefficient (Wildman–Crippen LogP) is 13.6. The number of aromatic hydroxyl groups is 2. The van der Waals surface area contributed by atoms with Gasteiger partial charge in [-0.05, 0) is 126 Å². The van der Waals surface area contributed by atoms with Gasteiger partial charge >= 0.3 is 0 Å². The number of amides is 2. The summed E-state index contributed by atoms with van der Waals surface area (Å²) >= 11 is 0. The minimum Gasteiger partial charge on any atom is -0.507 e. The Morgan fingerprint density at radius 3 is 1.12 bits per heavy atom. The molecule has 0 aromatic heterocycles. The molecular weight excluding hydrogens is 831 g/mol. The molecule has 1 aliphatic carbocycles. The maximum atomic E-state index is 13.1. The summed E-state index contributed by atoms with van der Waals surface area (Å²) in [6, 6.07) is 24.8. The highest BCUT2D eigenvalue weighted by atomic mass is 16.5. The Balaban J connectivity index is 1.39. The number of fused-ring (bicyclic) bond motifs is 9. The van der Waals surface area contributed by atoms with Crippen LogP contribution in [0, 0.1) is 0 Å². The molecule has 1 aliphatic heterocycles. The normalized spacial score (nSPS) is 14.4. The lowest BCUT2D eigenvalue weighted by Crippen LogP contribution is -2.30. The van der Waals surface area contributed by atoms with Crippen molar-refractivity contribution in [3.8, 4) is 23.0 Å². The van der Waals surface area contributed by atoms with Gasteiger partial charge in [0.2, 0.25) is 0 Å². The van der Waals surface area contributed by atoms with E-state index in [4.69, 9.17) is 9.47 Å². The van der Waals surface area contributed by atoms with Crippen LogP contribution in [0.2, 0.25) is 0 Å². The Kier molecular flexibility index (Phi) is 13.9. The van der Waals surface area contributed by atoms with Crippen LogP contribution in [0.1, 0.15) is 203 Å². The summed E-state index contributed by atoms with van der Waals surface area (Å²) in [6.07, 6.45) is 4.81. The van der Waals surface area contributed by atoms with Crippen molar-refractivity contribution in [2.75, 3.05) is 19.8 Å². The van der Waals surface area contributed by atoms with Crippen LogP contribution in [0.25, 0.3) is 0 Å². The third kappa shape index (κ3) is 10.8. The molecule has 356 valence electrons. The molecule has 8 bridgehead atoms. The van der Waals surface area contributed by atoms with Gasteiger partial charge in [0.25, 0.3) is 11.8 Å². The van der Waals surface area contributed by atoms with Crippen LogP contribution in [0.3, 0.4) is 0 Å². The summed E-state index contributed by atoms with van der Waals surface area (Å²) in [5, 5.41) is 24.8. The first-order valence-corrected chi connectivity index (χ1v) is 24.6. The van der Waals surface area contributed by atoms with Crippen molar-refractivity contribution in [2.24, 2.45) is 0 Å². The maximum Gasteiger partial charge on any atom is 0.261 e. The minimum atomic E-state index is -0.224. The second-order valence-corrected chi connectivity index (χ2v) is 23.3. The number of ether oxygens (including phenoxy) is 2. The van der Waals surface area contributed by atoms with E-state index in [0.29, 0.717) is 63.0 Å². The highest BCUT2D eigenvalue weighted by Crippen LogP contribution is 2.44. The van der Waals surface area contributed by atoms with Gasteiger partial charge in [0.15, 0.2) is 0 Å². The Morgan fingerprint density at radius 1 is 0.463 bits per heavy atom. The minimum absolute atomic E-state index is 0.177. The zero-order valence-corrected chi connectivity index (χ0v) is 42.7. The summed E-state index contributed by atoms with van der Waals surface area (Å²) < 4.78 is 13.9. The highest BCUT2D eigenvalue weighted by Gasteiger charge is 2.35. The molecule has 7 rings (SSSR count). The monoisotopic (exact) mass is 906 g/mol. The molecule has 2 amide bonds. The number of unbranched alkanes of at least 4 members (excludes halogenated alkanes) is 2. The zero-order chi connectivity index (χ0) is 48.8. The number of hydrogen-bond acceptors (Lipinski definition) is 6. The van der Waals surface area contributed by atoms with Crippen molar-refractivity contribution in [1.82, 2.24) is 4.90 Å². The van der Waals surface area contributed by atoms with Crippen LogP contribution in [-0.2, 0) is 47.3 Å². The molecular formula is C60H75NO6. The second kappa shape index (κ2) is 18.8. The van der Waals surface area contributed by atoms with E-state index >= 15 is 0 Å². The van der Waals surface area contributed by atoms with Crippen LogP contribution in [0.4, 0.5) is 0 Å². The third-order valence-corrected chi connectivity index (χ3v) is 13.6. The molecule has 5 aromatic rings. The number of hydrogen-bond donors (Lipinski definition) is 2. The molecule has 67 heavy (non-hydrogen) atoms. The van der Waals surface area contributed by atoms with Crippen LogP contribution in [0.15, 0.2) is 72.8 Å². The molecule has 2 N–H and O–H groups in total. The molecule has 0 atom stereocenters. The largest absolute Gasteiger partial charge is 0.507 e. The van der Waals surface area contributed by atoms with Gasteiger partial charge in [0.1, 0.15) is 23.0 Å². The molecule has 1 heterocycles. The molecule has 0 saturated carbocycles. The first-order valence-electron chi connectivity index (χ1n) is 24.6. The number of carbonyl (C=O) groups excluding carboxylic acids is 2. The van der Waals surface area contributed by atoms with Gasteiger partial charge in [-0.3, -0.25) is 14.5 Å². The number of nitrogens with zero attached hydrogens (tertiary/aromatic N) is 1. The van der Waals surface area contributed by atoms with Crippen molar-refractivity contribution in [3.05, 3.63) is 151 Å². The lowest BCUT2D eigenvalue weighted by molar-refractivity contribution is 0.0651. The van der Waals surface area contributed by atoms with E-state index in [-0.39, 0.29) is 45.0 Å². The number of rotatable bonds is 10. The Hall–Kier alpha value is -5.56. The molecule has 7 heteroatoms. The average Bonchev–Trinajstić information content (AvgIpc) is 3.47. The molecule has 7 nitrogen and oxygen atoms in total. The van der Waals surface area contributed by atoms with Gasteiger partial charge < -0.3 is 19.7 Å². The van der Waals surface area contributed by atoms with Crippen LogP contribution in [0.5, 0.6) is 23.0 Å². The van der Waals surface area contributed by atoms with E-state index in [2.05, 4.69) is 139 Å². The Bertz CT molecular complexity index is 2640.